The Morgan fingerprint density at radius 2 is 2.08 bits per heavy atom. The van der Waals surface area contributed by atoms with Crippen molar-refractivity contribution in [1.29, 1.82) is 0 Å². The lowest BCUT2D eigenvalue weighted by molar-refractivity contribution is -0.00260. The monoisotopic (exact) mass is 334 g/mol. The van der Waals surface area contributed by atoms with Crippen molar-refractivity contribution in [2.24, 2.45) is 5.92 Å². The molecule has 0 bridgehead atoms. The fourth-order valence-corrected chi connectivity index (χ4v) is 3.50. The van der Waals surface area contributed by atoms with Crippen molar-refractivity contribution in [3.05, 3.63) is 17.8 Å². The molecule has 0 N–H and O–H groups in total. The van der Waals surface area contributed by atoms with E-state index < -0.39 is 0 Å². The summed E-state index contributed by atoms with van der Waals surface area (Å²) in [6.45, 7) is 3.78. The number of hydrogen-bond acceptors (Lipinski definition) is 5. The fourth-order valence-electron chi connectivity index (χ4n) is 3.50. The number of amides is 1. The van der Waals surface area contributed by atoms with Gasteiger partial charge in [-0.2, -0.15) is 0 Å². The van der Waals surface area contributed by atoms with E-state index in [1.807, 2.05) is 4.90 Å². The molecule has 1 aromatic heterocycles. The Kier molecular flexibility index (Phi) is 4.85. The molecular formula is C18H26N2O4. The van der Waals surface area contributed by atoms with Crippen molar-refractivity contribution in [2.45, 2.75) is 50.5 Å². The summed E-state index contributed by atoms with van der Waals surface area (Å²) in [6.07, 6.45) is 8.14. The lowest BCUT2D eigenvalue weighted by Gasteiger charge is -2.32. The van der Waals surface area contributed by atoms with Crippen LogP contribution in [-0.4, -0.2) is 54.8 Å². The van der Waals surface area contributed by atoms with Gasteiger partial charge < -0.3 is 18.8 Å². The second-order valence-electron chi connectivity index (χ2n) is 7.25. The van der Waals surface area contributed by atoms with E-state index in [1.165, 1.54) is 19.1 Å². The van der Waals surface area contributed by atoms with Crippen LogP contribution in [0.2, 0.25) is 0 Å². The summed E-state index contributed by atoms with van der Waals surface area (Å²) in [5.74, 6) is 1.68. The molecule has 1 aromatic rings. The van der Waals surface area contributed by atoms with Gasteiger partial charge in [0.05, 0.1) is 6.10 Å². The molecule has 6 heteroatoms. The number of piperidine rings is 1. The Morgan fingerprint density at radius 1 is 1.25 bits per heavy atom. The Balaban J connectivity index is 1.34. The highest BCUT2D eigenvalue weighted by Crippen LogP contribution is 2.30. The van der Waals surface area contributed by atoms with Crippen LogP contribution in [0.3, 0.4) is 0 Å². The van der Waals surface area contributed by atoms with Crippen molar-refractivity contribution in [1.82, 2.24) is 9.88 Å². The zero-order valence-corrected chi connectivity index (χ0v) is 14.1. The third kappa shape index (κ3) is 3.81. The van der Waals surface area contributed by atoms with Gasteiger partial charge in [0.15, 0.2) is 11.6 Å². The van der Waals surface area contributed by atoms with Crippen LogP contribution in [0, 0.1) is 5.92 Å². The Labute approximate surface area is 142 Å². The molecule has 6 nitrogen and oxygen atoms in total. The minimum Gasteiger partial charge on any atom is -0.448 e. The van der Waals surface area contributed by atoms with Crippen molar-refractivity contribution in [3.8, 4) is 0 Å². The first-order valence-corrected chi connectivity index (χ1v) is 9.23. The number of carbonyl (C=O) groups excluding carboxylic acids is 1. The molecule has 1 unspecified atom stereocenters. The van der Waals surface area contributed by atoms with Crippen LogP contribution in [0.4, 0.5) is 0 Å². The maximum atomic E-state index is 12.7. The molecule has 24 heavy (non-hydrogen) atoms. The molecular weight excluding hydrogens is 308 g/mol. The van der Waals surface area contributed by atoms with Crippen LogP contribution in [0.1, 0.15) is 60.8 Å². The number of aromatic nitrogens is 1. The molecule has 4 rings (SSSR count). The Hall–Kier alpha value is -1.40. The molecule has 0 radical (unpaired) electrons. The van der Waals surface area contributed by atoms with Crippen molar-refractivity contribution in [2.75, 3.05) is 32.9 Å². The van der Waals surface area contributed by atoms with Crippen molar-refractivity contribution in [3.63, 3.8) is 0 Å². The number of hydrogen-bond donors (Lipinski definition) is 0. The first-order chi connectivity index (χ1) is 11.8. The lowest BCUT2D eigenvalue weighted by Crippen LogP contribution is -2.43. The average Bonchev–Trinajstić information content (AvgIpc) is 3.34. The van der Waals surface area contributed by atoms with E-state index in [1.54, 1.807) is 0 Å². The second kappa shape index (κ2) is 7.23. The van der Waals surface area contributed by atoms with Gasteiger partial charge in [-0.3, -0.25) is 4.79 Å². The summed E-state index contributed by atoms with van der Waals surface area (Å²) in [7, 11) is 0. The molecule has 1 amide bonds. The number of carbonyl (C=O) groups is 1. The summed E-state index contributed by atoms with van der Waals surface area (Å²) in [4.78, 5) is 19.0. The van der Waals surface area contributed by atoms with Crippen LogP contribution >= 0.6 is 0 Å². The zero-order valence-electron chi connectivity index (χ0n) is 14.1. The minimum atomic E-state index is -0.0308. The summed E-state index contributed by atoms with van der Waals surface area (Å²) in [5.41, 5.74) is 0.430. The van der Waals surface area contributed by atoms with Gasteiger partial charge in [-0.1, -0.05) is 0 Å². The highest BCUT2D eigenvalue weighted by atomic mass is 16.5. The highest BCUT2D eigenvalue weighted by molar-refractivity contribution is 5.92. The Bertz CT molecular complexity index is 563. The van der Waals surface area contributed by atoms with Crippen molar-refractivity contribution < 1.29 is 18.7 Å². The molecule has 1 atom stereocenters. The first kappa shape index (κ1) is 16.1. The third-order valence-corrected chi connectivity index (χ3v) is 5.24. The molecule has 2 aliphatic heterocycles. The topological polar surface area (TPSA) is 64.8 Å². The van der Waals surface area contributed by atoms with Crippen molar-refractivity contribution >= 4 is 5.91 Å². The third-order valence-electron chi connectivity index (χ3n) is 5.24. The van der Waals surface area contributed by atoms with Gasteiger partial charge in [-0.25, -0.2) is 4.98 Å². The van der Waals surface area contributed by atoms with Crippen LogP contribution < -0.4 is 0 Å². The molecule has 3 aliphatic rings. The molecule has 3 heterocycles. The van der Waals surface area contributed by atoms with Gasteiger partial charge in [0, 0.05) is 38.8 Å². The molecule has 2 saturated heterocycles. The Morgan fingerprint density at radius 3 is 2.88 bits per heavy atom. The maximum absolute atomic E-state index is 12.7. The normalized spacial score (nSPS) is 25.8. The SMILES string of the molecule is O=C(c1coc(C2CCOCC2)n1)N1CCCC(OCC2CC2)C1. The standard InChI is InChI=1S/C18H26N2O4/c21-18(16-12-24-17(19-16)14-5-8-22-9-6-14)20-7-1-2-15(10-20)23-11-13-3-4-13/h12-15H,1-11H2. The van der Waals surface area contributed by atoms with E-state index in [9.17, 15) is 4.79 Å². The predicted molar refractivity (Wildman–Crippen MR) is 86.9 cm³/mol. The molecule has 3 fully saturated rings. The minimum absolute atomic E-state index is 0.0308. The zero-order chi connectivity index (χ0) is 16.4. The largest absolute Gasteiger partial charge is 0.448 e. The van der Waals surface area contributed by atoms with Gasteiger partial charge in [0.25, 0.3) is 5.91 Å². The summed E-state index contributed by atoms with van der Waals surface area (Å²) >= 11 is 0. The maximum Gasteiger partial charge on any atom is 0.275 e. The van der Waals surface area contributed by atoms with E-state index in [4.69, 9.17) is 13.9 Å². The van der Waals surface area contributed by atoms with E-state index in [0.717, 1.165) is 58.0 Å². The summed E-state index contributed by atoms with van der Waals surface area (Å²) < 4.78 is 16.9. The highest BCUT2D eigenvalue weighted by Gasteiger charge is 2.30. The first-order valence-electron chi connectivity index (χ1n) is 9.23. The lowest BCUT2D eigenvalue weighted by atomic mass is 10.0. The van der Waals surface area contributed by atoms with Crippen LogP contribution in [0.25, 0.3) is 0 Å². The number of likely N-dealkylation sites (tertiary alicyclic amines) is 1. The number of rotatable bonds is 5. The van der Waals surface area contributed by atoms with Gasteiger partial charge in [-0.05, 0) is 44.4 Å². The predicted octanol–water partition coefficient (Wildman–Crippen LogP) is 2.60. The van der Waals surface area contributed by atoms with Crippen LogP contribution in [-0.2, 0) is 9.47 Å². The molecule has 1 aliphatic carbocycles. The average molecular weight is 334 g/mol. The van der Waals surface area contributed by atoms with Gasteiger partial charge in [0.2, 0.25) is 0 Å². The smallest absolute Gasteiger partial charge is 0.275 e. The fraction of sp³-hybridized carbons (Fsp3) is 0.778. The van der Waals surface area contributed by atoms with Gasteiger partial charge >= 0.3 is 0 Å². The van der Waals surface area contributed by atoms with Gasteiger partial charge in [-0.15, -0.1) is 0 Å². The summed E-state index contributed by atoms with van der Waals surface area (Å²) in [5, 5.41) is 0. The molecule has 1 saturated carbocycles. The van der Waals surface area contributed by atoms with E-state index in [-0.39, 0.29) is 17.9 Å². The number of ether oxygens (including phenoxy) is 2. The van der Waals surface area contributed by atoms with E-state index >= 15 is 0 Å². The molecule has 132 valence electrons. The van der Waals surface area contributed by atoms with Crippen LogP contribution in [0.5, 0.6) is 0 Å². The van der Waals surface area contributed by atoms with E-state index in [0.29, 0.717) is 18.1 Å². The molecule has 0 aromatic carbocycles. The molecule has 0 spiro atoms. The van der Waals surface area contributed by atoms with Gasteiger partial charge in [0.1, 0.15) is 6.26 Å². The quantitative estimate of drug-likeness (QED) is 0.828. The summed E-state index contributed by atoms with van der Waals surface area (Å²) in [6, 6.07) is 0. The second-order valence-corrected chi connectivity index (χ2v) is 7.25. The van der Waals surface area contributed by atoms with E-state index in [2.05, 4.69) is 4.98 Å². The number of oxazole rings is 1. The van der Waals surface area contributed by atoms with Crippen LogP contribution in [0.15, 0.2) is 10.7 Å². The number of nitrogens with zero attached hydrogens (tertiary/aromatic N) is 2.